The number of ether oxygens (including phenoxy) is 2. The lowest BCUT2D eigenvalue weighted by molar-refractivity contribution is -0.122. The Kier molecular flexibility index (Phi) is 5.61. The zero-order valence-electron chi connectivity index (χ0n) is 16.4. The SMILES string of the molecule is C/C=C1\Oc2cccc(CN3CCC(CNC(=O)Cn4nnnc4N)CC3)c2O1. The van der Waals surface area contributed by atoms with E-state index in [4.69, 9.17) is 15.2 Å². The van der Waals surface area contributed by atoms with Crippen molar-refractivity contribution < 1.29 is 14.3 Å². The standard InChI is InChI=1S/C19H25N7O3/c1-2-17-28-15-5-3-4-14(18(15)29-17)11-25-8-6-13(7-9-25)10-21-16(27)12-26-19(20)22-23-24-26/h2-5,13H,6-12H2,1H3,(H,21,27)(H2,20,22,24)/b17-2+. The first kappa shape index (κ1) is 19.2. The lowest BCUT2D eigenvalue weighted by Gasteiger charge is -2.32. The number of fused-ring (bicyclic) bond motifs is 1. The van der Waals surface area contributed by atoms with Crippen LogP contribution in [0.15, 0.2) is 30.2 Å². The van der Waals surface area contributed by atoms with E-state index in [1.807, 2.05) is 25.1 Å². The molecule has 4 rings (SSSR count). The number of nitrogens with two attached hydrogens (primary N) is 1. The summed E-state index contributed by atoms with van der Waals surface area (Å²) >= 11 is 0. The number of aromatic nitrogens is 4. The highest BCUT2D eigenvalue weighted by molar-refractivity contribution is 5.75. The van der Waals surface area contributed by atoms with Gasteiger partial charge in [-0.05, 0) is 61.3 Å². The third kappa shape index (κ3) is 4.48. The molecule has 2 aliphatic heterocycles. The normalized spacial score (nSPS) is 18.3. The lowest BCUT2D eigenvalue weighted by atomic mass is 9.96. The molecule has 1 saturated heterocycles. The Morgan fingerprint density at radius 1 is 1.34 bits per heavy atom. The van der Waals surface area contributed by atoms with Gasteiger partial charge in [-0.1, -0.05) is 17.2 Å². The lowest BCUT2D eigenvalue weighted by Crippen LogP contribution is -2.39. The maximum Gasteiger partial charge on any atom is 0.286 e. The molecule has 3 heterocycles. The van der Waals surface area contributed by atoms with Gasteiger partial charge in [0.15, 0.2) is 11.5 Å². The van der Waals surface area contributed by atoms with Gasteiger partial charge in [0.05, 0.1) is 0 Å². The van der Waals surface area contributed by atoms with Crippen molar-refractivity contribution in [1.82, 2.24) is 30.4 Å². The van der Waals surface area contributed by atoms with Crippen LogP contribution in [-0.4, -0.2) is 50.6 Å². The number of piperidine rings is 1. The third-order valence-corrected chi connectivity index (χ3v) is 5.25. The minimum absolute atomic E-state index is 0.0348. The molecule has 0 spiro atoms. The summed E-state index contributed by atoms with van der Waals surface area (Å²) in [4.78, 5) is 14.5. The van der Waals surface area contributed by atoms with Crippen molar-refractivity contribution in [3.8, 4) is 11.5 Å². The summed E-state index contributed by atoms with van der Waals surface area (Å²) in [6, 6.07) is 6.00. The number of benzene rings is 1. The fourth-order valence-electron chi connectivity index (χ4n) is 3.59. The summed E-state index contributed by atoms with van der Waals surface area (Å²) in [6.45, 7) is 5.34. The van der Waals surface area contributed by atoms with Gasteiger partial charge in [0, 0.05) is 18.7 Å². The Bertz CT molecular complexity index is 903. The predicted molar refractivity (Wildman–Crippen MR) is 105 cm³/mol. The number of nitrogen functional groups attached to an aromatic ring is 1. The summed E-state index contributed by atoms with van der Waals surface area (Å²) in [7, 11) is 0. The molecule has 1 amide bonds. The molecule has 154 valence electrons. The maximum absolute atomic E-state index is 12.0. The van der Waals surface area contributed by atoms with E-state index >= 15 is 0 Å². The number of anilines is 1. The zero-order chi connectivity index (χ0) is 20.2. The van der Waals surface area contributed by atoms with Crippen LogP contribution in [-0.2, 0) is 17.9 Å². The molecule has 2 aromatic rings. The van der Waals surface area contributed by atoms with Gasteiger partial charge in [0.1, 0.15) is 6.54 Å². The third-order valence-electron chi connectivity index (χ3n) is 5.25. The number of allylic oxidation sites excluding steroid dienone is 1. The fourth-order valence-corrected chi connectivity index (χ4v) is 3.59. The number of tetrazole rings is 1. The molecule has 1 aromatic carbocycles. The van der Waals surface area contributed by atoms with Crippen molar-refractivity contribution in [2.45, 2.75) is 32.9 Å². The van der Waals surface area contributed by atoms with Gasteiger partial charge in [0.2, 0.25) is 11.9 Å². The highest BCUT2D eigenvalue weighted by Gasteiger charge is 2.25. The fraction of sp³-hybridized carbons (Fsp3) is 0.474. The van der Waals surface area contributed by atoms with Gasteiger partial charge in [-0.25, -0.2) is 4.68 Å². The molecule has 0 saturated carbocycles. The van der Waals surface area contributed by atoms with Crippen molar-refractivity contribution in [3.63, 3.8) is 0 Å². The molecule has 0 radical (unpaired) electrons. The molecule has 10 nitrogen and oxygen atoms in total. The van der Waals surface area contributed by atoms with Crippen molar-refractivity contribution in [3.05, 3.63) is 35.8 Å². The van der Waals surface area contributed by atoms with Crippen LogP contribution in [0.4, 0.5) is 5.95 Å². The molecule has 2 aliphatic rings. The monoisotopic (exact) mass is 399 g/mol. The summed E-state index contributed by atoms with van der Waals surface area (Å²) in [5.41, 5.74) is 6.71. The van der Waals surface area contributed by atoms with Crippen LogP contribution in [0.3, 0.4) is 0 Å². The van der Waals surface area contributed by atoms with Gasteiger partial charge in [-0.2, -0.15) is 0 Å². The van der Waals surface area contributed by atoms with Gasteiger partial charge >= 0.3 is 0 Å². The van der Waals surface area contributed by atoms with Gasteiger partial charge in [-0.3, -0.25) is 9.69 Å². The number of amides is 1. The second-order valence-corrected chi connectivity index (χ2v) is 7.27. The summed E-state index contributed by atoms with van der Waals surface area (Å²) < 4.78 is 12.7. The summed E-state index contributed by atoms with van der Waals surface area (Å²) in [5, 5.41) is 13.6. The minimum Gasteiger partial charge on any atom is -0.422 e. The molecule has 0 atom stereocenters. The van der Waals surface area contributed by atoms with E-state index in [1.165, 1.54) is 4.68 Å². The Morgan fingerprint density at radius 2 is 2.17 bits per heavy atom. The van der Waals surface area contributed by atoms with Crippen LogP contribution in [0.1, 0.15) is 25.3 Å². The molecule has 10 heteroatoms. The summed E-state index contributed by atoms with van der Waals surface area (Å²) in [6.07, 6.45) is 3.87. The molecule has 0 bridgehead atoms. The molecule has 0 unspecified atom stereocenters. The molecule has 1 aromatic heterocycles. The smallest absolute Gasteiger partial charge is 0.286 e. The first-order valence-electron chi connectivity index (χ1n) is 9.77. The zero-order valence-corrected chi connectivity index (χ0v) is 16.4. The van der Waals surface area contributed by atoms with E-state index in [1.54, 1.807) is 0 Å². The highest BCUT2D eigenvalue weighted by atomic mass is 16.7. The van der Waals surface area contributed by atoms with Crippen LogP contribution in [0.2, 0.25) is 0 Å². The topological polar surface area (TPSA) is 120 Å². The predicted octanol–water partition coefficient (Wildman–Crippen LogP) is 0.916. The Morgan fingerprint density at radius 3 is 2.90 bits per heavy atom. The average molecular weight is 399 g/mol. The minimum atomic E-state index is -0.136. The van der Waals surface area contributed by atoms with Crippen LogP contribution in [0.5, 0.6) is 11.5 Å². The number of nitrogens with zero attached hydrogens (tertiary/aromatic N) is 5. The molecule has 0 aliphatic carbocycles. The molecule has 3 N–H and O–H groups in total. The number of carbonyl (C=O) groups excluding carboxylic acids is 1. The van der Waals surface area contributed by atoms with Crippen molar-refractivity contribution in [2.24, 2.45) is 5.92 Å². The van der Waals surface area contributed by atoms with Gasteiger partial charge < -0.3 is 20.5 Å². The van der Waals surface area contributed by atoms with Crippen LogP contribution in [0.25, 0.3) is 0 Å². The number of carbonyl (C=O) groups is 1. The number of nitrogens with one attached hydrogen (secondary N) is 1. The number of rotatable bonds is 6. The molecule has 29 heavy (non-hydrogen) atoms. The average Bonchev–Trinajstić information content (AvgIpc) is 3.34. The maximum atomic E-state index is 12.0. The quantitative estimate of drug-likeness (QED) is 0.736. The van der Waals surface area contributed by atoms with Crippen molar-refractivity contribution in [2.75, 3.05) is 25.4 Å². The van der Waals surface area contributed by atoms with E-state index in [-0.39, 0.29) is 18.4 Å². The number of para-hydroxylation sites is 1. The Labute approximate surface area is 168 Å². The Balaban J connectivity index is 1.23. The van der Waals surface area contributed by atoms with Crippen LogP contribution >= 0.6 is 0 Å². The number of hydrogen-bond acceptors (Lipinski definition) is 8. The van der Waals surface area contributed by atoms with Gasteiger partial charge in [-0.15, -0.1) is 0 Å². The van der Waals surface area contributed by atoms with Crippen molar-refractivity contribution in [1.29, 1.82) is 0 Å². The largest absolute Gasteiger partial charge is 0.422 e. The van der Waals surface area contributed by atoms with Crippen LogP contribution in [0, 0.1) is 5.92 Å². The molecular formula is C19H25N7O3. The number of hydrogen-bond donors (Lipinski definition) is 2. The first-order valence-corrected chi connectivity index (χ1v) is 9.77. The van der Waals surface area contributed by atoms with E-state index in [0.29, 0.717) is 18.4 Å². The molecular weight excluding hydrogens is 374 g/mol. The molecule has 1 fully saturated rings. The highest BCUT2D eigenvalue weighted by Crippen LogP contribution is 2.39. The first-order chi connectivity index (χ1) is 14.1. The van der Waals surface area contributed by atoms with Crippen LogP contribution < -0.4 is 20.5 Å². The summed E-state index contributed by atoms with van der Waals surface area (Å²) in [5.74, 6) is 2.58. The second-order valence-electron chi connectivity index (χ2n) is 7.27. The van der Waals surface area contributed by atoms with E-state index in [0.717, 1.165) is 49.5 Å². The van der Waals surface area contributed by atoms with E-state index < -0.39 is 0 Å². The number of likely N-dealkylation sites (tertiary alicyclic amines) is 1. The van der Waals surface area contributed by atoms with Gasteiger partial charge in [0.25, 0.3) is 5.95 Å². The second kappa shape index (κ2) is 8.48. The van der Waals surface area contributed by atoms with E-state index in [9.17, 15) is 4.79 Å². The van der Waals surface area contributed by atoms with E-state index in [2.05, 4.69) is 31.8 Å². The van der Waals surface area contributed by atoms with Crippen molar-refractivity contribution >= 4 is 11.9 Å². The Hall–Kier alpha value is -3.14.